The highest BCUT2D eigenvalue weighted by atomic mass is 16.6. The molecule has 0 spiro atoms. The van der Waals surface area contributed by atoms with E-state index >= 15 is 0 Å². The third-order valence-corrected chi connectivity index (χ3v) is 7.96. The van der Waals surface area contributed by atoms with Gasteiger partial charge in [0, 0.05) is 18.4 Å². The number of carbonyl (C=O) groups is 2. The highest BCUT2D eigenvalue weighted by Gasteiger charge is 2.49. The Hall–Kier alpha value is -4.98. The average molecular weight is 580 g/mol. The van der Waals surface area contributed by atoms with Crippen LogP contribution in [0.2, 0.25) is 0 Å². The van der Waals surface area contributed by atoms with Crippen LogP contribution in [-0.2, 0) is 33.7 Å². The molecule has 6 rings (SSSR count). The number of esters is 1. The number of hydrogen-bond donors (Lipinski definition) is 0. The molecule has 0 unspecified atom stereocenters. The molecule has 4 aromatic carbocycles. The van der Waals surface area contributed by atoms with Crippen molar-refractivity contribution in [2.45, 2.75) is 37.6 Å². The van der Waals surface area contributed by atoms with E-state index in [1.165, 1.54) is 0 Å². The normalized spacial score (nSPS) is 19.2. The summed E-state index contributed by atoms with van der Waals surface area (Å²) in [5.41, 5.74) is 4.19. The fraction of sp³-hybridized carbons (Fsp3) is 0.257. The molecule has 2 aliphatic rings. The molecule has 4 aromatic rings. The van der Waals surface area contributed by atoms with Crippen LogP contribution in [0.3, 0.4) is 0 Å². The predicted octanol–water partition coefficient (Wildman–Crippen LogP) is 6.23. The largest absolute Gasteiger partial charge is 0.493 e. The second-order valence-electron chi connectivity index (χ2n) is 10.5. The molecule has 1 amide bonds. The average Bonchev–Trinajstić information content (AvgIpc) is 3.55. The van der Waals surface area contributed by atoms with E-state index in [0.717, 1.165) is 27.8 Å². The minimum absolute atomic E-state index is 0.0645. The highest BCUT2D eigenvalue weighted by molar-refractivity contribution is 5.84. The molecule has 2 heterocycles. The molecule has 1 saturated heterocycles. The van der Waals surface area contributed by atoms with E-state index in [4.69, 9.17) is 23.7 Å². The predicted molar refractivity (Wildman–Crippen MR) is 159 cm³/mol. The summed E-state index contributed by atoms with van der Waals surface area (Å²) in [6, 6.07) is 28.8. The highest BCUT2D eigenvalue weighted by Crippen LogP contribution is 2.47. The number of benzene rings is 4. The zero-order valence-electron chi connectivity index (χ0n) is 24.1. The maximum Gasteiger partial charge on any atom is 0.411 e. The van der Waals surface area contributed by atoms with Crippen molar-refractivity contribution in [2.75, 3.05) is 20.8 Å². The van der Waals surface area contributed by atoms with Crippen molar-refractivity contribution in [2.24, 2.45) is 0 Å². The third-order valence-electron chi connectivity index (χ3n) is 7.96. The van der Waals surface area contributed by atoms with Crippen LogP contribution in [0.4, 0.5) is 4.79 Å². The lowest BCUT2D eigenvalue weighted by Gasteiger charge is -2.44. The van der Waals surface area contributed by atoms with Crippen LogP contribution in [0.5, 0.6) is 17.2 Å². The van der Waals surface area contributed by atoms with Crippen molar-refractivity contribution < 1.29 is 33.3 Å². The molecule has 2 aliphatic heterocycles. The van der Waals surface area contributed by atoms with Crippen LogP contribution < -0.4 is 14.2 Å². The van der Waals surface area contributed by atoms with E-state index in [0.29, 0.717) is 30.3 Å². The maximum atomic E-state index is 14.2. The number of rotatable bonds is 8. The molecule has 0 bridgehead atoms. The Morgan fingerprint density at radius 1 is 0.884 bits per heavy atom. The quantitative estimate of drug-likeness (QED) is 0.229. The Balaban J connectivity index is 1.44. The van der Waals surface area contributed by atoms with Crippen LogP contribution in [0.25, 0.3) is 0 Å². The number of cyclic esters (lactones) is 1. The SMILES string of the molecule is COc1cc(C[C@H]2C(=O)O[C@H](c3ccccc3)[C@H](c3ccccc3)N2C(=O)OCc2ccccc2)c2c(c1OC)OCC2. The summed E-state index contributed by atoms with van der Waals surface area (Å²) < 4.78 is 29.2. The Morgan fingerprint density at radius 3 is 2.19 bits per heavy atom. The van der Waals surface area contributed by atoms with Crippen molar-refractivity contribution in [3.05, 3.63) is 125 Å². The van der Waals surface area contributed by atoms with Crippen molar-refractivity contribution in [3.8, 4) is 17.2 Å². The van der Waals surface area contributed by atoms with Crippen LogP contribution in [-0.4, -0.2) is 43.8 Å². The van der Waals surface area contributed by atoms with Gasteiger partial charge in [-0.15, -0.1) is 0 Å². The number of morpholine rings is 1. The van der Waals surface area contributed by atoms with Crippen molar-refractivity contribution in [3.63, 3.8) is 0 Å². The van der Waals surface area contributed by atoms with Gasteiger partial charge in [-0.3, -0.25) is 4.90 Å². The molecule has 0 radical (unpaired) electrons. The molecule has 8 heteroatoms. The van der Waals surface area contributed by atoms with Crippen LogP contribution in [0.1, 0.15) is 40.0 Å². The lowest BCUT2D eigenvalue weighted by atomic mass is 9.89. The van der Waals surface area contributed by atoms with Crippen LogP contribution in [0, 0.1) is 0 Å². The molecule has 8 nitrogen and oxygen atoms in total. The summed E-state index contributed by atoms with van der Waals surface area (Å²) >= 11 is 0. The van der Waals surface area contributed by atoms with Crippen molar-refractivity contribution >= 4 is 12.1 Å². The van der Waals surface area contributed by atoms with E-state index < -0.39 is 30.3 Å². The smallest absolute Gasteiger partial charge is 0.411 e. The number of nitrogens with zero attached hydrogens (tertiary/aromatic N) is 1. The van der Waals surface area contributed by atoms with Gasteiger partial charge in [-0.05, 0) is 28.3 Å². The van der Waals surface area contributed by atoms with E-state index in [2.05, 4.69) is 0 Å². The van der Waals surface area contributed by atoms with Crippen molar-refractivity contribution in [1.29, 1.82) is 0 Å². The standard InChI is InChI=1S/C35H33NO7/c1-39-29-21-26(27-18-19-41-32(27)33(29)40-2)20-28-34(37)43-31(25-16-10-5-11-17-25)30(24-14-8-4-9-15-24)36(28)35(38)42-22-23-12-6-3-7-13-23/h3-17,21,28,30-31H,18-20,22H2,1-2H3/t28-,30-,31+/m0/s1. The second kappa shape index (κ2) is 12.5. The Bertz CT molecular complexity index is 1580. The monoisotopic (exact) mass is 579 g/mol. The van der Waals surface area contributed by atoms with Gasteiger partial charge in [-0.2, -0.15) is 0 Å². The van der Waals surface area contributed by atoms with Gasteiger partial charge >= 0.3 is 12.1 Å². The molecule has 220 valence electrons. The Morgan fingerprint density at radius 2 is 1.53 bits per heavy atom. The lowest BCUT2D eigenvalue weighted by Crippen LogP contribution is -2.55. The first-order chi connectivity index (χ1) is 21.1. The number of methoxy groups -OCH3 is 2. The molecular weight excluding hydrogens is 546 g/mol. The van der Waals surface area contributed by atoms with Gasteiger partial charge in [-0.25, -0.2) is 9.59 Å². The molecule has 1 fully saturated rings. The lowest BCUT2D eigenvalue weighted by molar-refractivity contribution is -0.173. The second-order valence-corrected chi connectivity index (χ2v) is 10.5. The molecule has 43 heavy (non-hydrogen) atoms. The summed E-state index contributed by atoms with van der Waals surface area (Å²) in [5, 5.41) is 0. The summed E-state index contributed by atoms with van der Waals surface area (Å²) in [5.74, 6) is 1.08. The Kier molecular flexibility index (Phi) is 8.18. The number of carbonyl (C=O) groups excluding carboxylic acids is 2. The van der Waals surface area contributed by atoms with Crippen molar-refractivity contribution in [1.82, 2.24) is 4.90 Å². The number of hydrogen-bond acceptors (Lipinski definition) is 7. The minimum Gasteiger partial charge on any atom is -0.493 e. The van der Waals surface area contributed by atoms with Gasteiger partial charge in [0.1, 0.15) is 18.7 Å². The fourth-order valence-electron chi connectivity index (χ4n) is 5.94. The van der Waals surface area contributed by atoms with Gasteiger partial charge in [0.15, 0.2) is 17.6 Å². The number of ether oxygens (including phenoxy) is 5. The minimum atomic E-state index is -0.976. The Labute approximate surface area is 250 Å². The first-order valence-corrected chi connectivity index (χ1v) is 14.3. The molecule has 3 atom stereocenters. The first kappa shape index (κ1) is 28.2. The summed E-state index contributed by atoms with van der Waals surface area (Å²) in [6.45, 7) is 0.543. The topological polar surface area (TPSA) is 83.5 Å². The van der Waals surface area contributed by atoms with Crippen LogP contribution >= 0.6 is 0 Å². The molecule has 0 N–H and O–H groups in total. The van der Waals surface area contributed by atoms with E-state index in [9.17, 15) is 9.59 Å². The van der Waals surface area contributed by atoms with Gasteiger partial charge in [0.25, 0.3) is 0 Å². The van der Waals surface area contributed by atoms with Gasteiger partial charge in [0.2, 0.25) is 5.75 Å². The van der Waals surface area contributed by atoms with Gasteiger partial charge < -0.3 is 23.7 Å². The number of amides is 1. The summed E-state index contributed by atoms with van der Waals surface area (Å²) in [6.07, 6.45) is -0.527. The molecule has 0 saturated carbocycles. The zero-order chi connectivity index (χ0) is 29.8. The molecular formula is C35H33NO7. The first-order valence-electron chi connectivity index (χ1n) is 14.3. The molecule has 0 aliphatic carbocycles. The zero-order valence-corrected chi connectivity index (χ0v) is 24.1. The summed E-state index contributed by atoms with van der Waals surface area (Å²) in [7, 11) is 3.12. The maximum absolute atomic E-state index is 14.2. The number of fused-ring (bicyclic) bond motifs is 1. The van der Waals surface area contributed by atoms with E-state index in [1.54, 1.807) is 19.1 Å². The summed E-state index contributed by atoms with van der Waals surface area (Å²) in [4.78, 5) is 29.7. The third kappa shape index (κ3) is 5.60. The van der Waals surface area contributed by atoms with Crippen LogP contribution in [0.15, 0.2) is 97.1 Å². The van der Waals surface area contributed by atoms with Gasteiger partial charge in [0.05, 0.1) is 20.8 Å². The fourth-order valence-corrected chi connectivity index (χ4v) is 5.94. The van der Waals surface area contributed by atoms with E-state index in [1.807, 2.05) is 97.1 Å². The molecule has 0 aromatic heterocycles. The van der Waals surface area contributed by atoms with Gasteiger partial charge in [-0.1, -0.05) is 91.0 Å². The van der Waals surface area contributed by atoms with E-state index in [-0.39, 0.29) is 13.0 Å².